The van der Waals surface area contributed by atoms with Crippen LogP contribution in [0.4, 0.5) is 17.1 Å². The van der Waals surface area contributed by atoms with Crippen molar-refractivity contribution in [2.45, 2.75) is 17.9 Å². The molecule has 0 saturated heterocycles. The summed E-state index contributed by atoms with van der Waals surface area (Å²) in [6.45, 7) is 1.61. The van der Waals surface area contributed by atoms with E-state index >= 15 is 0 Å². The van der Waals surface area contributed by atoms with Crippen molar-refractivity contribution in [3.8, 4) is 5.75 Å². The molecule has 0 fully saturated rings. The van der Waals surface area contributed by atoms with Gasteiger partial charge in [0.1, 0.15) is 10.6 Å². The van der Waals surface area contributed by atoms with Crippen molar-refractivity contribution in [3.05, 3.63) is 52.6 Å². The second kappa shape index (κ2) is 8.02. The van der Waals surface area contributed by atoms with Crippen LogP contribution in [0.3, 0.4) is 0 Å². The monoisotopic (exact) mass is 381 g/mol. The number of nitro benzene ring substituents is 1. The summed E-state index contributed by atoms with van der Waals surface area (Å²) in [5, 5.41) is 23.2. The van der Waals surface area contributed by atoms with Gasteiger partial charge in [-0.1, -0.05) is 12.1 Å². The number of anilines is 2. The molecule has 2 aromatic rings. The maximum absolute atomic E-state index is 12.8. The molecule has 0 aliphatic carbocycles. The van der Waals surface area contributed by atoms with E-state index in [0.717, 1.165) is 6.07 Å². The number of non-ortho nitro benzene ring substituents is 1. The first-order valence-corrected chi connectivity index (χ1v) is 9.09. The standard InChI is InChI=1S/C16H19N3O6S/c1-11(20)10-17-14-8-7-12(19(21)22)9-16(14)26(23,24)18-13-5-3-4-6-15(13)25-2/h3-9,11,17-18,20H,10H2,1-2H3/t11-/m1/s1. The number of nitro groups is 1. The van der Waals surface area contributed by atoms with Crippen molar-refractivity contribution >= 4 is 27.1 Å². The van der Waals surface area contributed by atoms with Gasteiger partial charge in [0.2, 0.25) is 0 Å². The number of nitrogens with one attached hydrogen (secondary N) is 2. The summed E-state index contributed by atoms with van der Waals surface area (Å²) in [5.41, 5.74) is -0.0325. The summed E-state index contributed by atoms with van der Waals surface area (Å²) in [6.07, 6.45) is -0.733. The molecule has 10 heteroatoms. The van der Waals surface area contributed by atoms with Crippen LogP contribution in [0.15, 0.2) is 47.4 Å². The Balaban J connectivity index is 2.48. The van der Waals surface area contributed by atoms with Gasteiger partial charge in [-0.05, 0) is 25.1 Å². The number of sulfonamides is 1. The summed E-state index contributed by atoms with van der Waals surface area (Å²) in [7, 11) is -2.76. The maximum Gasteiger partial charge on any atom is 0.270 e. The summed E-state index contributed by atoms with van der Waals surface area (Å²) in [4.78, 5) is 10.0. The van der Waals surface area contributed by atoms with E-state index in [-0.39, 0.29) is 28.5 Å². The Labute approximate surface area is 150 Å². The van der Waals surface area contributed by atoms with Gasteiger partial charge in [-0.15, -0.1) is 0 Å². The zero-order chi connectivity index (χ0) is 19.3. The Morgan fingerprint density at radius 1 is 1.23 bits per heavy atom. The average molecular weight is 381 g/mol. The largest absolute Gasteiger partial charge is 0.495 e. The van der Waals surface area contributed by atoms with Crippen LogP contribution >= 0.6 is 0 Å². The Morgan fingerprint density at radius 3 is 2.54 bits per heavy atom. The van der Waals surface area contributed by atoms with E-state index in [1.807, 2.05) is 0 Å². The van der Waals surface area contributed by atoms with Crippen molar-refractivity contribution in [3.63, 3.8) is 0 Å². The number of aliphatic hydroxyl groups is 1. The van der Waals surface area contributed by atoms with Crippen LogP contribution in [0, 0.1) is 10.1 Å². The molecule has 0 unspecified atom stereocenters. The van der Waals surface area contributed by atoms with Crippen LogP contribution in [0.25, 0.3) is 0 Å². The number of ether oxygens (including phenoxy) is 1. The third kappa shape index (κ3) is 4.61. The maximum atomic E-state index is 12.8. The van der Waals surface area contributed by atoms with Gasteiger partial charge in [-0.3, -0.25) is 14.8 Å². The molecule has 0 aliphatic rings. The first kappa shape index (κ1) is 19.5. The number of nitrogens with zero attached hydrogens (tertiary/aromatic N) is 1. The molecule has 0 aliphatic heterocycles. The van der Waals surface area contributed by atoms with Gasteiger partial charge < -0.3 is 15.2 Å². The van der Waals surface area contributed by atoms with Crippen LogP contribution in [0.1, 0.15) is 6.92 Å². The molecule has 0 spiro atoms. The van der Waals surface area contributed by atoms with E-state index < -0.39 is 21.1 Å². The second-order valence-electron chi connectivity index (χ2n) is 5.47. The first-order valence-electron chi connectivity index (χ1n) is 7.61. The molecule has 140 valence electrons. The predicted octanol–water partition coefficient (Wildman–Crippen LogP) is 2.20. The van der Waals surface area contributed by atoms with Crippen LogP contribution in [-0.2, 0) is 10.0 Å². The number of para-hydroxylation sites is 2. The number of hydrogen-bond acceptors (Lipinski definition) is 7. The van der Waals surface area contributed by atoms with Gasteiger partial charge in [0.15, 0.2) is 0 Å². The fraction of sp³-hybridized carbons (Fsp3) is 0.250. The van der Waals surface area contributed by atoms with E-state index in [9.17, 15) is 23.6 Å². The van der Waals surface area contributed by atoms with Crippen molar-refractivity contribution in [1.82, 2.24) is 0 Å². The highest BCUT2D eigenvalue weighted by Crippen LogP contribution is 2.31. The summed E-state index contributed by atoms with van der Waals surface area (Å²) in [6, 6.07) is 9.83. The van der Waals surface area contributed by atoms with E-state index in [2.05, 4.69) is 10.0 Å². The number of rotatable bonds is 8. The van der Waals surface area contributed by atoms with Crippen LogP contribution in [0.2, 0.25) is 0 Å². The van der Waals surface area contributed by atoms with E-state index in [4.69, 9.17) is 4.74 Å². The molecule has 1 atom stereocenters. The molecule has 0 radical (unpaired) electrons. The minimum atomic E-state index is -4.16. The van der Waals surface area contributed by atoms with Gasteiger partial charge in [0, 0.05) is 18.7 Å². The SMILES string of the molecule is COc1ccccc1NS(=O)(=O)c1cc([N+](=O)[O-])ccc1NC[C@@H](C)O. The Bertz CT molecular complexity index is 899. The molecular formula is C16H19N3O6S. The van der Waals surface area contributed by atoms with Crippen molar-refractivity contribution in [2.75, 3.05) is 23.7 Å². The lowest BCUT2D eigenvalue weighted by Crippen LogP contribution is -2.20. The predicted molar refractivity (Wildman–Crippen MR) is 97.1 cm³/mol. The van der Waals surface area contributed by atoms with Crippen LogP contribution in [0.5, 0.6) is 5.75 Å². The molecule has 26 heavy (non-hydrogen) atoms. The zero-order valence-corrected chi connectivity index (χ0v) is 15.0. The Kier molecular flexibility index (Phi) is 6.01. The average Bonchev–Trinajstić information content (AvgIpc) is 2.59. The normalized spacial score (nSPS) is 12.3. The van der Waals surface area contributed by atoms with Crippen molar-refractivity contribution in [1.29, 1.82) is 0 Å². The van der Waals surface area contributed by atoms with Gasteiger partial charge in [-0.2, -0.15) is 0 Å². The van der Waals surface area contributed by atoms with Crippen molar-refractivity contribution in [2.24, 2.45) is 0 Å². The third-order valence-corrected chi connectivity index (χ3v) is 4.81. The number of aliphatic hydroxyl groups excluding tert-OH is 1. The summed E-state index contributed by atoms with van der Waals surface area (Å²) in [5.74, 6) is 0.306. The molecular weight excluding hydrogens is 362 g/mol. The molecule has 2 aromatic carbocycles. The summed E-state index contributed by atoms with van der Waals surface area (Å²) < 4.78 is 33.1. The molecule has 0 heterocycles. The number of benzene rings is 2. The quantitative estimate of drug-likeness (QED) is 0.472. The number of methoxy groups -OCH3 is 1. The molecule has 0 amide bonds. The van der Waals surface area contributed by atoms with Gasteiger partial charge in [-0.25, -0.2) is 8.42 Å². The number of hydrogen-bond donors (Lipinski definition) is 3. The highest BCUT2D eigenvalue weighted by atomic mass is 32.2. The summed E-state index contributed by atoms with van der Waals surface area (Å²) >= 11 is 0. The van der Waals surface area contributed by atoms with Crippen LogP contribution in [-0.4, -0.2) is 38.2 Å². The molecule has 0 aromatic heterocycles. The lowest BCUT2D eigenvalue weighted by Gasteiger charge is -2.16. The lowest BCUT2D eigenvalue weighted by molar-refractivity contribution is -0.385. The third-order valence-electron chi connectivity index (χ3n) is 3.40. The fourth-order valence-electron chi connectivity index (χ4n) is 2.18. The smallest absolute Gasteiger partial charge is 0.270 e. The minimum Gasteiger partial charge on any atom is -0.495 e. The molecule has 2 rings (SSSR count). The lowest BCUT2D eigenvalue weighted by atomic mass is 10.2. The van der Waals surface area contributed by atoms with E-state index in [1.54, 1.807) is 18.2 Å². The zero-order valence-electron chi connectivity index (χ0n) is 14.2. The van der Waals surface area contributed by atoms with Crippen molar-refractivity contribution < 1.29 is 23.2 Å². The first-order chi connectivity index (χ1) is 12.2. The molecule has 3 N–H and O–H groups in total. The Hall–Kier alpha value is -2.85. The molecule has 9 nitrogen and oxygen atoms in total. The molecule has 0 saturated carbocycles. The topological polar surface area (TPSA) is 131 Å². The van der Waals surface area contributed by atoms with E-state index in [1.165, 1.54) is 32.2 Å². The van der Waals surface area contributed by atoms with Crippen LogP contribution < -0.4 is 14.8 Å². The molecule has 0 bridgehead atoms. The Morgan fingerprint density at radius 2 is 1.92 bits per heavy atom. The van der Waals surface area contributed by atoms with Gasteiger partial charge in [0.25, 0.3) is 15.7 Å². The van der Waals surface area contributed by atoms with Gasteiger partial charge in [0.05, 0.1) is 29.5 Å². The fourth-order valence-corrected chi connectivity index (χ4v) is 3.45. The van der Waals surface area contributed by atoms with Gasteiger partial charge >= 0.3 is 0 Å². The van der Waals surface area contributed by atoms with E-state index in [0.29, 0.717) is 5.75 Å². The highest BCUT2D eigenvalue weighted by molar-refractivity contribution is 7.93. The second-order valence-corrected chi connectivity index (χ2v) is 7.12. The minimum absolute atomic E-state index is 0.0784. The highest BCUT2D eigenvalue weighted by Gasteiger charge is 2.23.